The lowest BCUT2D eigenvalue weighted by Crippen LogP contribution is -2.49. The number of aromatic nitrogens is 2. The van der Waals surface area contributed by atoms with E-state index in [1.807, 2.05) is 18.7 Å². The molecule has 6 nitrogen and oxygen atoms in total. The summed E-state index contributed by atoms with van der Waals surface area (Å²) in [5, 5.41) is 0. The van der Waals surface area contributed by atoms with Gasteiger partial charge in [0.1, 0.15) is 11.6 Å². The molecule has 0 N–H and O–H groups in total. The number of benzene rings is 2. The zero-order chi connectivity index (χ0) is 25.4. The van der Waals surface area contributed by atoms with E-state index in [-0.39, 0.29) is 24.4 Å². The second kappa shape index (κ2) is 9.58. The second-order valence-corrected chi connectivity index (χ2v) is 10.7. The van der Waals surface area contributed by atoms with Crippen molar-refractivity contribution in [3.05, 3.63) is 82.3 Å². The summed E-state index contributed by atoms with van der Waals surface area (Å²) >= 11 is 0. The number of rotatable bonds is 5. The summed E-state index contributed by atoms with van der Waals surface area (Å²) in [4.78, 5) is 11.3. The zero-order valence-electron chi connectivity index (χ0n) is 19.8. The lowest BCUT2D eigenvalue weighted by atomic mass is 10.0. The Hall–Kier alpha value is -2.98. The third-order valence-electron chi connectivity index (χ3n) is 6.14. The molecule has 0 saturated carbocycles. The Morgan fingerprint density at radius 2 is 1.57 bits per heavy atom. The minimum atomic E-state index is -4.42. The van der Waals surface area contributed by atoms with Crippen LogP contribution in [0.15, 0.2) is 53.4 Å². The fraction of sp³-hybridized carbons (Fsp3) is 0.360. The van der Waals surface area contributed by atoms with E-state index >= 15 is 0 Å². The molecule has 186 valence electrons. The summed E-state index contributed by atoms with van der Waals surface area (Å²) in [7, 11) is -3.61. The molecule has 0 radical (unpaired) electrons. The first-order chi connectivity index (χ1) is 16.4. The summed E-state index contributed by atoms with van der Waals surface area (Å²) in [5.74, 6) is 1.19. The van der Waals surface area contributed by atoms with Crippen LogP contribution in [0, 0.1) is 20.8 Å². The number of hydrogen-bond donors (Lipinski definition) is 0. The molecule has 4 rings (SSSR count). The van der Waals surface area contributed by atoms with Crippen LogP contribution in [0.3, 0.4) is 0 Å². The van der Waals surface area contributed by atoms with E-state index in [1.54, 1.807) is 37.3 Å². The summed E-state index contributed by atoms with van der Waals surface area (Å²) in [5.41, 5.74) is 2.23. The van der Waals surface area contributed by atoms with E-state index in [2.05, 4.69) is 9.97 Å². The molecule has 0 bridgehead atoms. The van der Waals surface area contributed by atoms with Crippen molar-refractivity contribution in [2.75, 3.05) is 31.1 Å². The molecule has 1 aromatic heterocycles. The Balaban J connectivity index is 1.57. The lowest BCUT2D eigenvalue weighted by Gasteiger charge is -2.36. The van der Waals surface area contributed by atoms with E-state index in [0.717, 1.165) is 23.3 Å². The van der Waals surface area contributed by atoms with Crippen molar-refractivity contribution >= 4 is 15.8 Å². The van der Waals surface area contributed by atoms with Gasteiger partial charge in [0, 0.05) is 43.9 Å². The van der Waals surface area contributed by atoms with Crippen molar-refractivity contribution in [1.82, 2.24) is 14.3 Å². The van der Waals surface area contributed by atoms with Crippen LogP contribution in [-0.2, 0) is 22.6 Å². The normalized spacial score (nSPS) is 15.4. The van der Waals surface area contributed by atoms with Crippen LogP contribution >= 0.6 is 0 Å². The molecule has 0 spiro atoms. The van der Waals surface area contributed by atoms with Crippen molar-refractivity contribution in [3.63, 3.8) is 0 Å². The fourth-order valence-corrected chi connectivity index (χ4v) is 5.67. The monoisotopic (exact) mass is 504 g/mol. The van der Waals surface area contributed by atoms with Crippen LogP contribution in [0.25, 0.3) is 0 Å². The highest BCUT2D eigenvalue weighted by atomic mass is 32.2. The van der Waals surface area contributed by atoms with Gasteiger partial charge in [0.25, 0.3) is 0 Å². The largest absolute Gasteiger partial charge is 0.416 e. The topological polar surface area (TPSA) is 66.4 Å². The van der Waals surface area contributed by atoms with Crippen LogP contribution in [0.2, 0.25) is 0 Å². The van der Waals surface area contributed by atoms with Crippen molar-refractivity contribution < 1.29 is 21.6 Å². The minimum absolute atomic E-state index is 0.243. The highest BCUT2D eigenvalue weighted by molar-refractivity contribution is 7.89. The Morgan fingerprint density at radius 3 is 2.20 bits per heavy atom. The van der Waals surface area contributed by atoms with Crippen LogP contribution in [0.5, 0.6) is 0 Å². The molecule has 1 aliphatic heterocycles. The van der Waals surface area contributed by atoms with Crippen molar-refractivity contribution in [1.29, 1.82) is 0 Å². The van der Waals surface area contributed by atoms with Gasteiger partial charge in [-0.2, -0.15) is 17.5 Å². The van der Waals surface area contributed by atoms with Crippen molar-refractivity contribution in [2.45, 2.75) is 38.3 Å². The summed E-state index contributed by atoms with van der Waals surface area (Å²) in [6, 6.07) is 12.0. The van der Waals surface area contributed by atoms with E-state index in [1.165, 1.54) is 10.4 Å². The molecule has 3 aromatic rings. The average molecular weight is 505 g/mol. The Bertz CT molecular complexity index is 1320. The van der Waals surface area contributed by atoms with Gasteiger partial charge >= 0.3 is 6.18 Å². The van der Waals surface area contributed by atoms with Gasteiger partial charge in [0.05, 0.1) is 10.5 Å². The van der Waals surface area contributed by atoms with Crippen LogP contribution in [-0.4, -0.2) is 48.9 Å². The number of sulfonamides is 1. The molecule has 0 atom stereocenters. The quantitative estimate of drug-likeness (QED) is 0.511. The van der Waals surface area contributed by atoms with Gasteiger partial charge in [-0.05, 0) is 44.5 Å². The number of piperazine rings is 1. The number of hydrogen-bond acceptors (Lipinski definition) is 5. The van der Waals surface area contributed by atoms with Crippen molar-refractivity contribution in [2.24, 2.45) is 0 Å². The third-order valence-corrected chi connectivity index (χ3v) is 8.05. The molecular weight excluding hydrogens is 477 g/mol. The minimum Gasteiger partial charge on any atom is -0.354 e. The predicted octanol–water partition coefficient (Wildman–Crippen LogP) is 4.52. The lowest BCUT2D eigenvalue weighted by molar-refractivity contribution is -0.137. The molecule has 1 saturated heterocycles. The van der Waals surface area contributed by atoms with E-state index in [0.29, 0.717) is 36.0 Å². The molecule has 2 heterocycles. The zero-order valence-corrected chi connectivity index (χ0v) is 20.6. The second-order valence-electron chi connectivity index (χ2n) is 8.74. The molecule has 10 heteroatoms. The van der Waals surface area contributed by atoms with Crippen LogP contribution in [0.1, 0.15) is 33.8 Å². The first-order valence-corrected chi connectivity index (χ1v) is 12.7. The maximum atomic E-state index is 13.2. The van der Waals surface area contributed by atoms with Gasteiger partial charge in [-0.1, -0.05) is 35.9 Å². The molecule has 1 fully saturated rings. The van der Waals surface area contributed by atoms with E-state index in [4.69, 9.17) is 0 Å². The van der Waals surface area contributed by atoms with Gasteiger partial charge in [-0.15, -0.1) is 0 Å². The van der Waals surface area contributed by atoms with Gasteiger partial charge in [0.15, 0.2) is 0 Å². The molecule has 0 unspecified atom stereocenters. The molecule has 0 amide bonds. The predicted molar refractivity (Wildman–Crippen MR) is 128 cm³/mol. The maximum Gasteiger partial charge on any atom is 0.416 e. The van der Waals surface area contributed by atoms with Gasteiger partial charge in [-0.3, -0.25) is 0 Å². The first-order valence-electron chi connectivity index (χ1n) is 11.3. The molecule has 0 aliphatic carbocycles. The highest BCUT2D eigenvalue weighted by Crippen LogP contribution is 2.31. The van der Waals surface area contributed by atoms with E-state index < -0.39 is 21.8 Å². The SMILES string of the molecule is Cc1ccc(S(=O)(=O)N2CCN(c3nc(C)nc(C)c3Cc3cccc(C(F)(F)F)c3)CC2)cc1. The fourth-order valence-electron chi connectivity index (χ4n) is 4.25. The Labute approximate surface area is 203 Å². The Kier molecular flexibility index (Phi) is 6.88. The van der Waals surface area contributed by atoms with Crippen LogP contribution < -0.4 is 4.90 Å². The molecule has 1 aliphatic rings. The van der Waals surface area contributed by atoms with Crippen molar-refractivity contribution in [3.8, 4) is 0 Å². The summed E-state index contributed by atoms with van der Waals surface area (Å²) < 4.78 is 67.2. The average Bonchev–Trinajstić information content (AvgIpc) is 2.81. The molecule has 2 aromatic carbocycles. The van der Waals surface area contributed by atoms with Gasteiger partial charge < -0.3 is 4.90 Å². The molecular formula is C25H27F3N4O2S. The Morgan fingerprint density at radius 1 is 0.914 bits per heavy atom. The summed E-state index contributed by atoms with van der Waals surface area (Å²) in [6.45, 7) is 6.87. The first kappa shape index (κ1) is 25.1. The number of anilines is 1. The van der Waals surface area contributed by atoms with Gasteiger partial charge in [0.2, 0.25) is 10.0 Å². The summed E-state index contributed by atoms with van der Waals surface area (Å²) in [6.07, 6.45) is -4.18. The third kappa shape index (κ3) is 5.48. The maximum absolute atomic E-state index is 13.2. The standard InChI is InChI=1S/C25H27F3N4O2S/c1-17-7-9-22(10-8-17)35(33,34)32-13-11-31(12-14-32)24-23(18(2)29-19(3)30-24)16-20-5-4-6-21(15-20)25(26,27)28/h4-10,15H,11-14,16H2,1-3H3. The number of alkyl halides is 3. The number of aryl methyl sites for hydroxylation is 3. The highest BCUT2D eigenvalue weighted by Gasteiger charge is 2.32. The smallest absolute Gasteiger partial charge is 0.354 e. The van der Waals surface area contributed by atoms with Gasteiger partial charge in [-0.25, -0.2) is 18.4 Å². The number of halogens is 3. The number of nitrogens with zero attached hydrogens (tertiary/aromatic N) is 4. The van der Waals surface area contributed by atoms with E-state index in [9.17, 15) is 21.6 Å². The van der Waals surface area contributed by atoms with Crippen LogP contribution in [0.4, 0.5) is 19.0 Å². The molecule has 35 heavy (non-hydrogen) atoms.